The van der Waals surface area contributed by atoms with Crippen molar-refractivity contribution in [3.05, 3.63) is 53.3 Å². The molecule has 6 nitrogen and oxygen atoms in total. The predicted octanol–water partition coefficient (Wildman–Crippen LogP) is 2.71. The number of aryl methyl sites for hydroxylation is 1. The molecule has 2 aromatic heterocycles. The SMILES string of the molecule is Cc1cccc(CSc2nc(Cl)nc(-n3cncn3)n2)c1. The summed E-state index contributed by atoms with van der Waals surface area (Å²) < 4.78 is 1.45. The number of hydrogen-bond acceptors (Lipinski definition) is 6. The third kappa shape index (κ3) is 3.56. The molecule has 3 rings (SSSR count). The molecule has 106 valence electrons. The minimum absolute atomic E-state index is 0.141. The molecule has 3 aromatic rings. The normalized spacial score (nSPS) is 10.8. The van der Waals surface area contributed by atoms with E-state index < -0.39 is 0 Å². The summed E-state index contributed by atoms with van der Waals surface area (Å²) in [5.41, 5.74) is 2.43. The van der Waals surface area contributed by atoms with E-state index in [0.717, 1.165) is 5.75 Å². The zero-order valence-corrected chi connectivity index (χ0v) is 12.7. The lowest BCUT2D eigenvalue weighted by Gasteiger charge is -2.04. The molecule has 8 heteroatoms. The number of halogens is 1. The highest BCUT2D eigenvalue weighted by Gasteiger charge is 2.08. The number of aromatic nitrogens is 6. The second-order valence-electron chi connectivity index (χ2n) is 4.30. The molecule has 0 fully saturated rings. The predicted molar refractivity (Wildman–Crippen MR) is 80.5 cm³/mol. The largest absolute Gasteiger partial charge is 0.257 e. The Kier molecular flexibility index (Phi) is 4.12. The van der Waals surface area contributed by atoms with Gasteiger partial charge in [0.25, 0.3) is 5.95 Å². The smallest absolute Gasteiger partial charge is 0.223 e. The minimum Gasteiger partial charge on any atom is -0.223 e. The molecule has 2 heterocycles. The highest BCUT2D eigenvalue weighted by molar-refractivity contribution is 7.98. The van der Waals surface area contributed by atoms with E-state index in [2.05, 4.69) is 50.2 Å². The van der Waals surface area contributed by atoms with Crippen molar-refractivity contribution in [1.82, 2.24) is 29.7 Å². The minimum atomic E-state index is 0.141. The van der Waals surface area contributed by atoms with Gasteiger partial charge in [-0.1, -0.05) is 41.6 Å². The standard InChI is InChI=1S/C13H11ClN6S/c1-9-3-2-4-10(5-9)6-21-13-18-11(14)17-12(19-13)20-8-15-7-16-20/h2-5,7-8H,6H2,1H3. The summed E-state index contributed by atoms with van der Waals surface area (Å²) in [6, 6.07) is 8.30. The van der Waals surface area contributed by atoms with Crippen LogP contribution in [-0.2, 0) is 5.75 Å². The van der Waals surface area contributed by atoms with Gasteiger partial charge in [-0.2, -0.15) is 24.7 Å². The first kappa shape index (κ1) is 14.0. The first-order valence-electron chi connectivity index (χ1n) is 6.15. The van der Waals surface area contributed by atoms with Crippen LogP contribution >= 0.6 is 23.4 Å². The van der Waals surface area contributed by atoms with Crippen LogP contribution in [0.25, 0.3) is 5.95 Å². The Bertz CT molecular complexity index is 746. The fourth-order valence-corrected chi connectivity index (χ4v) is 2.73. The van der Waals surface area contributed by atoms with Crippen LogP contribution in [0.5, 0.6) is 0 Å². The number of nitrogens with zero attached hydrogens (tertiary/aromatic N) is 6. The zero-order valence-electron chi connectivity index (χ0n) is 11.1. The van der Waals surface area contributed by atoms with Gasteiger partial charge in [-0.25, -0.2) is 4.98 Å². The van der Waals surface area contributed by atoms with Crippen molar-refractivity contribution < 1.29 is 0 Å². The zero-order chi connectivity index (χ0) is 14.7. The van der Waals surface area contributed by atoms with E-state index in [1.165, 1.54) is 40.2 Å². The van der Waals surface area contributed by atoms with Crippen molar-refractivity contribution in [1.29, 1.82) is 0 Å². The molecule has 0 saturated carbocycles. The third-order valence-electron chi connectivity index (χ3n) is 2.65. The molecule has 0 aliphatic heterocycles. The average molecular weight is 319 g/mol. The van der Waals surface area contributed by atoms with E-state index in [1.807, 2.05) is 6.07 Å². The van der Waals surface area contributed by atoms with Crippen molar-refractivity contribution in [2.75, 3.05) is 0 Å². The van der Waals surface area contributed by atoms with Gasteiger partial charge in [0.2, 0.25) is 5.28 Å². The molecule has 0 bridgehead atoms. The van der Waals surface area contributed by atoms with E-state index in [0.29, 0.717) is 11.1 Å². The topological polar surface area (TPSA) is 69.4 Å². The van der Waals surface area contributed by atoms with Gasteiger partial charge >= 0.3 is 0 Å². The molecule has 21 heavy (non-hydrogen) atoms. The summed E-state index contributed by atoms with van der Waals surface area (Å²) >= 11 is 7.44. The van der Waals surface area contributed by atoms with Gasteiger partial charge in [-0.05, 0) is 24.1 Å². The number of benzene rings is 1. The molecule has 0 saturated heterocycles. The number of thioether (sulfide) groups is 1. The maximum Gasteiger partial charge on any atom is 0.257 e. The fourth-order valence-electron chi connectivity index (χ4n) is 1.75. The second-order valence-corrected chi connectivity index (χ2v) is 5.59. The van der Waals surface area contributed by atoms with E-state index in [1.54, 1.807) is 0 Å². The number of rotatable bonds is 4. The van der Waals surface area contributed by atoms with Crippen molar-refractivity contribution in [3.8, 4) is 5.95 Å². The summed E-state index contributed by atoms with van der Waals surface area (Å²) in [5, 5.41) is 4.68. The molecular weight excluding hydrogens is 308 g/mol. The third-order valence-corrected chi connectivity index (χ3v) is 3.74. The number of hydrogen-bond donors (Lipinski definition) is 0. The van der Waals surface area contributed by atoms with Crippen LogP contribution in [0.2, 0.25) is 5.28 Å². The van der Waals surface area contributed by atoms with Crippen molar-refractivity contribution in [2.24, 2.45) is 0 Å². The summed E-state index contributed by atoms with van der Waals surface area (Å²) in [6.45, 7) is 2.07. The second kappa shape index (κ2) is 6.19. The quantitative estimate of drug-likeness (QED) is 0.689. The lowest BCUT2D eigenvalue weighted by atomic mass is 10.2. The van der Waals surface area contributed by atoms with Crippen LogP contribution in [0.4, 0.5) is 0 Å². The maximum atomic E-state index is 5.94. The molecule has 0 N–H and O–H groups in total. The summed E-state index contributed by atoms with van der Waals surface area (Å²) in [5.74, 6) is 1.12. The fraction of sp³-hybridized carbons (Fsp3) is 0.154. The first-order valence-corrected chi connectivity index (χ1v) is 7.52. The van der Waals surface area contributed by atoms with Gasteiger partial charge in [-0.3, -0.25) is 0 Å². The van der Waals surface area contributed by atoms with Crippen LogP contribution in [-0.4, -0.2) is 29.7 Å². The van der Waals surface area contributed by atoms with E-state index >= 15 is 0 Å². The van der Waals surface area contributed by atoms with Gasteiger partial charge in [0.1, 0.15) is 12.7 Å². The monoisotopic (exact) mass is 318 g/mol. The molecule has 0 radical (unpaired) electrons. The molecule has 0 spiro atoms. The van der Waals surface area contributed by atoms with E-state index in [-0.39, 0.29) is 5.28 Å². The Morgan fingerprint density at radius 2 is 2.14 bits per heavy atom. The van der Waals surface area contributed by atoms with Gasteiger partial charge in [-0.15, -0.1) is 0 Å². The van der Waals surface area contributed by atoms with Crippen molar-refractivity contribution in [3.63, 3.8) is 0 Å². The van der Waals surface area contributed by atoms with Gasteiger partial charge in [0, 0.05) is 5.75 Å². The molecule has 0 amide bonds. The van der Waals surface area contributed by atoms with Crippen LogP contribution in [0.1, 0.15) is 11.1 Å². The van der Waals surface area contributed by atoms with Crippen molar-refractivity contribution >= 4 is 23.4 Å². The molecule has 0 unspecified atom stereocenters. The first-order chi connectivity index (χ1) is 10.2. The molecule has 0 aliphatic carbocycles. The molecule has 0 atom stereocenters. The van der Waals surface area contributed by atoms with Crippen molar-refractivity contribution in [2.45, 2.75) is 17.8 Å². The summed E-state index contributed by atoms with van der Waals surface area (Å²) in [6.07, 6.45) is 2.93. The van der Waals surface area contributed by atoms with Gasteiger partial charge in [0.15, 0.2) is 5.16 Å². The summed E-state index contributed by atoms with van der Waals surface area (Å²) in [4.78, 5) is 16.4. The molecule has 1 aromatic carbocycles. The maximum absolute atomic E-state index is 5.94. The Hall–Kier alpha value is -1.99. The van der Waals surface area contributed by atoms with Crippen LogP contribution in [0.3, 0.4) is 0 Å². The Morgan fingerprint density at radius 3 is 2.90 bits per heavy atom. The molecule has 0 aliphatic rings. The van der Waals surface area contributed by atoms with Gasteiger partial charge < -0.3 is 0 Å². The Labute approximate surface area is 130 Å². The Morgan fingerprint density at radius 1 is 1.24 bits per heavy atom. The average Bonchev–Trinajstić information content (AvgIpc) is 2.99. The Balaban J connectivity index is 1.79. The highest BCUT2D eigenvalue weighted by atomic mass is 35.5. The van der Waals surface area contributed by atoms with E-state index in [4.69, 9.17) is 11.6 Å². The van der Waals surface area contributed by atoms with Gasteiger partial charge in [0.05, 0.1) is 0 Å². The lowest BCUT2D eigenvalue weighted by molar-refractivity contribution is 0.757. The van der Waals surface area contributed by atoms with Crippen LogP contribution in [0.15, 0.2) is 42.1 Å². The van der Waals surface area contributed by atoms with Crippen LogP contribution < -0.4 is 0 Å². The molecular formula is C13H11ClN6S. The summed E-state index contributed by atoms with van der Waals surface area (Å²) in [7, 11) is 0. The van der Waals surface area contributed by atoms with E-state index in [9.17, 15) is 0 Å². The van der Waals surface area contributed by atoms with Crippen LogP contribution in [0, 0.1) is 6.92 Å². The lowest BCUT2D eigenvalue weighted by Crippen LogP contribution is -2.04. The highest BCUT2D eigenvalue weighted by Crippen LogP contribution is 2.21.